The van der Waals surface area contributed by atoms with Crippen LogP contribution in [-0.2, 0) is 19.4 Å². The van der Waals surface area contributed by atoms with Crippen LogP contribution in [0.2, 0.25) is 0 Å². The zero-order valence-electron chi connectivity index (χ0n) is 11.8. The van der Waals surface area contributed by atoms with Crippen LogP contribution in [-0.4, -0.2) is 35.2 Å². The van der Waals surface area contributed by atoms with E-state index in [2.05, 4.69) is 33.9 Å². The summed E-state index contributed by atoms with van der Waals surface area (Å²) in [7, 11) is 0. The molecule has 2 aliphatic rings. The summed E-state index contributed by atoms with van der Waals surface area (Å²) in [6, 6.07) is 0.562. The first kappa shape index (κ1) is 13.1. The van der Waals surface area contributed by atoms with E-state index in [9.17, 15) is 0 Å². The minimum Gasteiger partial charge on any atom is -0.335 e. The molecule has 5 heteroatoms. The molecule has 1 saturated heterocycles. The van der Waals surface area contributed by atoms with Gasteiger partial charge in [0.2, 0.25) is 0 Å². The van der Waals surface area contributed by atoms with Crippen LogP contribution in [0.1, 0.15) is 31.3 Å². The molecule has 3 heterocycles. The first-order valence-electron chi connectivity index (χ1n) is 7.57. The minimum absolute atomic E-state index is 0.562. The summed E-state index contributed by atoms with van der Waals surface area (Å²) in [5, 5.41) is 3.56. The Morgan fingerprint density at radius 3 is 3.21 bits per heavy atom. The summed E-state index contributed by atoms with van der Waals surface area (Å²) in [5.74, 6) is 1.98. The predicted octanol–water partition coefficient (Wildman–Crippen LogP) is 0.464. The first-order valence-corrected chi connectivity index (χ1v) is 7.57. The standard InChI is InChI=1S/C14H25N5/c1-11-12(9-16-18-11)8-15-6-5-13-10-19-7-3-2-4-14(19)17-13/h10-12,15-16,18H,2-9H2,1H3. The molecule has 3 rings (SSSR count). The van der Waals surface area contributed by atoms with Gasteiger partial charge in [0.15, 0.2) is 0 Å². The highest BCUT2D eigenvalue weighted by Crippen LogP contribution is 2.14. The van der Waals surface area contributed by atoms with Gasteiger partial charge in [0.05, 0.1) is 5.69 Å². The van der Waals surface area contributed by atoms with Gasteiger partial charge in [-0.25, -0.2) is 4.98 Å². The lowest BCUT2D eigenvalue weighted by Crippen LogP contribution is -2.33. The lowest BCUT2D eigenvalue weighted by molar-refractivity contribution is 0.455. The van der Waals surface area contributed by atoms with Crippen molar-refractivity contribution in [1.29, 1.82) is 0 Å². The van der Waals surface area contributed by atoms with Gasteiger partial charge >= 0.3 is 0 Å². The van der Waals surface area contributed by atoms with Crippen LogP contribution in [0, 0.1) is 5.92 Å². The smallest absolute Gasteiger partial charge is 0.108 e. The molecule has 0 aromatic carbocycles. The van der Waals surface area contributed by atoms with Crippen molar-refractivity contribution in [2.24, 2.45) is 5.92 Å². The van der Waals surface area contributed by atoms with E-state index >= 15 is 0 Å². The van der Waals surface area contributed by atoms with Crippen molar-refractivity contribution < 1.29 is 0 Å². The zero-order valence-corrected chi connectivity index (χ0v) is 11.8. The molecule has 2 unspecified atom stereocenters. The second kappa shape index (κ2) is 6.03. The molecule has 2 aliphatic heterocycles. The Balaban J connectivity index is 1.41. The largest absolute Gasteiger partial charge is 0.335 e. The molecule has 106 valence electrons. The summed E-state index contributed by atoms with van der Waals surface area (Å²) >= 11 is 0. The van der Waals surface area contributed by atoms with E-state index < -0.39 is 0 Å². The molecule has 0 bridgehead atoms. The number of hydrazine groups is 1. The number of hydrogen-bond donors (Lipinski definition) is 3. The summed E-state index contributed by atoms with van der Waals surface area (Å²) < 4.78 is 2.34. The first-order chi connectivity index (χ1) is 9.33. The molecule has 0 spiro atoms. The van der Waals surface area contributed by atoms with Crippen LogP contribution in [0.4, 0.5) is 0 Å². The number of imidazole rings is 1. The van der Waals surface area contributed by atoms with Crippen molar-refractivity contribution in [3.63, 3.8) is 0 Å². The fraction of sp³-hybridized carbons (Fsp3) is 0.786. The molecule has 0 saturated carbocycles. The lowest BCUT2D eigenvalue weighted by atomic mass is 10.0. The van der Waals surface area contributed by atoms with Crippen LogP contribution in [0.25, 0.3) is 0 Å². The van der Waals surface area contributed by atoms with Crippen LogP contribution in [0.15, 0.2) is 6.20 Å². The number of aromatic nitrogens is 2. The topological polar surface area (TPSA) is 53.9 Å². The average molecular weight is 263 g/mol. The SMILES string of the molecule is CC1NNCC1CNCCc1cn2c(n1)CCCC2. The van der Waals surface area contributed by atoms with Crippen molar-refractivity contribution in [1.82, 2.24) is 25.7 Å². The number of nitrogens with zero attached hydrogens (tertiary/aromatic N) is 2. The Bertz CT molecular complexity index is 390. The summed E-state index contributed by atoms with van der Waals surface area (Å²) in [5.41, 5.74) is 7.71. The van der Waals surface area contributed by atoms with Gasteiger partial charge in [0, 0.05) is 57.2 Å². The average Bonchev–Trinajstić information content (AvgIpc) is 3.00. The summed E-state index contributed by atoms with van der Waals surface area (Å²) in [6.45, 7) is 6.56. The van der Waals surface area contributed by atoms with Crippen LogP contribution in [0.5, 0.6) is 0 Å². The maximum absolute atomic E-state index is 4.73. The van der Waals surface area contributed by atoms with E-state index in [0.717, 1.165) is 39.0 Å². The van der Waals surface area contributed by atoms with Gasteiger partial charge in [-0.15, -0.1) is 0 Å². The molecule has 0 amide bonds. The van der Waals surface area contributed by atoms with E-state index in [-0.39, 0.29) is 0 Å². The minimum atomic E-state index is 0.562. The molecule has 3 N–H and O–H groups in total. The van der Waals surface area contributed by atoms with Gasteiger partial charge in [-0.2, -0.15) is 0 Å². The fourth-order valence-corrected chi connectivity index (χ4v) is 2.99. The van der Waals surface area contributed by atoms with Gasteiger partial charge in [-0.05, 0) is 19.8 Å². The molecule has 0 aliphatic carbocycles. The van der Waals surface area contributed by atoms with Crippen LogP contribution < -0.4 is 16.2 Å². The van der Waals surface area contributed by atoms with Crippen molar-refractivity contribution >= 4 is 0 Å². The quantitative estimate of drug-likeness (QED) is 0.676. The molecule has 1 aromatic rings. The Kier molecular flexibility index (Phi) is 4.15. The molecule has 2 atom stereocenters. The maximum atomic E-state index is 4.73. The van der Waals surface area contributed by atoms with Crippen LogP contribution in [0.3, 0.4) is 0 Å². The lowest BCUT2D eigenvalue weighted by Gasteiger charge is -2.13. The van der Waals surface area contributed by atoms with E-state index in [4.69, 9.17) is 4.98 Å². The zero-order chi connectivity index (χ0) is 13.1. The highest BCUT2D eigenvalue weighted by Gasteiger charge is 2.21. The monoisotopic (exact) mass is 263 g/mol. The van der Waals surface area contributed by atoms with Crippen molar-refractivity contribution in [3.05, 3.63) is 17.7 Å². The maximum Gasteiger partial charge on any atom is 0.108 e. The van der Waals surface area contributed by atoms with Gasteiger partial charge in [0.25, 0.3) is 0 Å². The molecule has 5 nitrogen and oxygen atoms in total. The highest BCUT2D eigenvalue weighted by molar-refractivity contribution is 5.06. The Labute approximate surface area is 115 Å². The summed E-state index contributed by atoms with van der Waals surface area (Å²) in [6.07, 6.45) is 7.05. The molecule has 1 aromatic heterocycles. The number of rotatable bonds is 5. The highest BCUT2D eigenvalue weighted by atomic mass is 15.4. The second-order valence-electron chi connectivity index (χ2n) is 5.83. The second-order valence-corrected chi connectivity index (χ2v) is 5.83. The molecule has 19 heavy (non-hydrogen) atoms. The molecule has 0 radical (unpaired) electrons. The van der Waals surface area contributed by atoms with E-state index in [1.165, 1.54) is 24.4 Å². The number of aryl methyl sites for hydroxylation is 2. The van der Waals surface area contributed by atoms with E-state index in [1.54, 1.807) is 0 Å². The summed E-state index contributed by atoms with van der Waals surface area (Å²) in [4.78, 5) is 4.73. The number of fused-ring (bicyclic) bond motifs is 1. The van der Waals surface area contributed by atoms with E-state index in [1.807, 2.05) is 0 Å². The van der Waals surface area contributed by atoms with Gasteiger partial charge in [0.1, 0.15) is 5.82 Å². The Morgan fingerprint density at radius 2 is 2.42 bits per heavy atom. The third-order valence-electron chi connectivity index (χ3n) is 4.32. The molecular formula is C14H25N5. The van der Waals surface area contributed by atoms with Crippen molar-refractivity contribution in [2.75, 3.05) is 19.6 Å². The molecule has 1 fully saturated rings. The normalized spacial score (nSPS) is 26.6. The number of nitrogens with one attached hydrogen (secondary N) is 3. The molecular weight excluding hydrogens is 238 g/mol. The Morgan fingerprint density at radius 1 is 1.47 bits per heavy atom. The number of hydrogen-bond acceptors (Lipinski definition) is 4. The van der Waals surface area contributed by atoms with Crippen LogP contribution >= 0.6 is 0 Å². The van der Waals surface area contributed by atoms with Crippen molar-refractivity contribution in [2.45, 2.75) is 45.2 Å². The van der Waals surface area contributed by atoms with Crippen molar-refractivity contribution in [3.8, 4) is 0 Å². The fourth-order valence-electron chi connectivity index (χ4n) is 2.99. The third-order valence-corrected chi connectivity index (χ3v) is 4.32. The predicted molar refractivity (Wildman–Crippen MR) is 75.8 cm³/mol. The van der Waals surface area contributed by atoms with E-state index in [0.29, 0.717) is 12.0 Å². The van der Waals surface area contributed by atoms with Gasteiger partial charge in [-0.1, -0.05) is 0 Å². The Hall–Kier alpha value is -0.910. The van der Waals surface area contributed by atoms with Gasteiger partial charge < -0.3 is 9.88 Å². The van der Waals surface area contributed by atoms with Gasteiger partial charge in [-0.3, -0.25) is 10.9 Å². The third kappa shape index (κ3) is 3.16.